The molecule has 0 saturated heterocycles. The number of amides is 4. The molecule has 0 aliphatic rings. The van der Waals surface area contributed by atoms with E-state index in [9.17, 15) is 14.0 Å². The summed E-state index contributed by atoms with van der Waals surface area (Å²) in [4.78, 5) is 34.5. The molecule has 1 aromatic carbocycles. The minimum Gasteiger partial charge on any atom is -0.338 e. The Morgan fingerprint density at radius 3 is 2.46 bits per heavy atom. The van der Waals surface area contributed by atoms with Crippen LogP contribution in [0.3, 0.4) is 0 Å². The third-order valence-corrected chi connectivity index (χ3v) is 5.22. The van der Waals surface area contributed by atoms with Crippen molar-refractivity contribution in [3.8, 4) is 11.1 Å². The largest absolute Gasteiger partial charge is 0.338 e. The van der Waals surface area contributed by atoms with Gasteiger partial charge in [0.05, 0.1) is 11.2 Å². The lowest BCUT2D eigenvalue weighted by atomic mass is 9.92. The minimum atomic E-state index is -0.524. The molecule has 0 bridgehead atoms. The fourth-order valence-electron chi connectivity index (χ4n) is 3.25. The standard InChI is InChI=1S/C25H31FN6O2.ClH/c1-15-18(11-17-14-28-22(13-20(17)29-15)31-24(34)32(5)6)16-7-8-19(26)21(12-16)30-23(33)27-10-9-25(2,3)4;/h7-8,11-14H,9-10H2,1-6H3,(H2,27,30,33)(H,28,31,34);1H. The van der Waals surface area contributed by atoms with E-state index in [1.807, 2.05) is 13.0 Å². The van der Waals surface area contributed by atoms with E-state index < -0.39 is 11.8 Å². The van der Waals surface area contributed by atoms with Crippen LogP contribution in [0.25, 0.3) is 22.0 Å². The van der Waals surface area contributed by atoms with E-state index in [4.69, 9.17) is 0 Å². The van der Waals surface area contributed by atoms with E-state index in [-0.39, 0.29) is 29.5 Å². The van der Waals surface area contributed by atoms with Crippen molar-refractivity contribution in [3.05, 3.63) is 48.0 Å². The van der Waals surface area contributed by atoms with Gasteiger partial charge in [-0.1, -0.05) is 26.8 Å². The van der Waals surface area contributed by atoms with Gasteiger partial charge in [0.25, 0.3) is 0 Å². The predicted molar refractivity (Wildman–Crippen MR) is 141 cm³/mol. The van der Waals surface area contributed by atoms with Crippen LogP contribution in [-0.2, 0) is 0 Å². The smallest absolute Gasteiger partial charge is 0.322 e. The highest BCUT2D eigenvalue weighted by atomic mass is 35.5. The molecular formula is C25H32ClFN6O2. The van der Waals surface area contributed by atoms with Crippen LogP contribution in [0.5, 0.6) is 0 Å². The Bertz CT molecular complexity index is 1230. The molecule has 8 nitrogen and oxygen atoms in total. The summed E-state index contributed by atoms with van der Waals surface area (Å²) in [6.45, 7) is 8.61. The number of hydrogen-bond donors (Lipinski definition) is 3. The Morgan fingerprint density at radius 1 is 1.09 bits per heavy atom. The lowest BCUT2D eigenvalue weighted by molar-refractivity contribution is 0.230. The van der Waals surface area contributed by atoms with Crippen LogP contribution in [0.1, 0.15) is 32.9 Å². The van der Waals surface area contributed by atoms with Crippen LogP contribution in [-0.4, -0.2) is 47.6 Å². The lowest BCUT2D eigenvalue weighted by Gasteiger charge is -2.18. The van der Waals surface area contributed by atoms with Gasteiger partial charge in [0, 0.05) is 49.5 Å². The number of benzene rings is 1. The first kappa shape index (κ1) is 27.8. The second kappa shape index (κ2) is 11.3. The van der Waals surface area contributed by atoms with Gasteiger partial charge in [0.15, 0.2) is 0 Å². The third-order valence-electron chi connectivity index (χ3n) is 5.22. The number of carbonyl (C=O) groups is 2. The number of pyridine rings is 2. The van der Waals surface area contributed by atoms with Crippen LogP contribution >= 0.6 is 12.4 Å². The van der Waals surface area contributed by atoms with Crippen LogP contribution in [0.2, 0.25) is 0 Å². The Labute approximate surface area is 211 Å². The topological polar surface area (TPSA) is 99.2 Å². The minimum absolute atomic E-state index is 0. The molecule has 4 amide bonds. The van der Waals surface area contributed by atoms with Crippen LogP contribution < -0.4 is 16.0 Å². The molecular weight excluding hydrogens is 471 g/mol. The molecule has 3 rings (SSSR count). The van der Waals surface area contributed by atoms with Gasteiger partial charge in [0.2, 0.25) is 0 Å². The monoisotopic (exact) mass is 502 g/mol. The van der Waals surface area contributed by atoms with Crippen molar-refractivity contribution in [2.24, 2.45) is 5.41 Å². The van der Waals surface area contributed by atoms with Crippen LogP contribution in [0.15, 0.2) is 36.5 Å². The fraction of sp³-hybridized carbons (Fsp3) is 0.360. The average Bonchev–Trinajstić information content (AvgIpc) is 2.74. The summed E-state index contributed by atoms with van der Waals surface area (Å²) in [6.07, 6.45) is 2.43. The molecule has 0 fully saturated rings. The Hall–Kier alpha value is -3.46. The second-order valence-corrected chi connectivity index (χ2v) is 9.59. The molecule has 0 saturated carbocycles. The number of fused-ring (bicyclic) bond motifs is 1. The number of anilines is 2. The number of rotatable bonds is 5. The predicted octanol–water partition coefficient (Wildman–Crippen LogP) is 5.82. The molecule has 10 heteroatoms. The summed E-state index contributed by atoms with van der Waals surface area (Å²) in [5.74, 6) is -0.124. The van der Waals surface area contributed by atoms with Crippen molar-refractivity contribution in [1.29, 1.82) is 0 Å². The van der Waals surface area contributed by atoms with E-state index in [0.29, 0.717) is 23.4 Å². The number of nitrogens with one attached hydrogen (secondary N) is 3. The van der Waals surface area contributed by atoms with Crippen molar-refractivity contribution in [3.63, 3.8) is 0 Å². The van der Waals surface area contributed by atoms with Crippen molar-refractivity contribution in [2.75, 3.05) is 31.3 Å². The molecule has 188 valence electrons. The zero-order chi connectivity index (χ0) is 25.0. The van der Waals surface area contributed by atoms with E-state index in [0.717, 1.165) is 23.1 Å². The first-order valence-electron chi connectivity index (χ1n) is 11.0. The van der Waals surface area contributed by atoms with Crippen molar-refractivity contribution in [2.45, 2.75) is 34.1 Å². The molecule has 0 radical (unpaired) electrons. The van der Waals surface area contributed by atoms with E-state index in [1.165, 1.54) is 11.0 Å². The lowest BCUT2D eigenvalue weighted by Crippen LogP contribution is -2.31. The van der Waals surface area contributed by atoms with Gasteiger partial charge < -0.3 is 15.5 Å². The highest BCUT2D eigenvalue weighted by Crippen LogP contribution is 2.30. The molecule has 3 aromatic rings. The summed E-state index contributed by atoms with van der Waals surface area (Å²) in [5, 5.41) is 8.83. The maximum absolute atomic E-state index is 14.4. The highest BCUT2D eigenvalue weighted by Gasteiger charge is 2.14. The molecule has 0 aliphatic carbocycles. The number of halogens is 2. The molecule has 3 N–H and O–H groups in total. The van der Waals surface area contributed by atoms with Crippen molar-refractivity contribution in [1.82, 2.24) is 20.2 Å². The zero-order valence-electron chi connectivity index (χ0n) is 20.8. The Kier molecular flexibility index (Phi) is 8.98. The van der Waals surface area contributed by atoms with E-state index in [2.05, 4.69) is 46.7 Å². The van der Waals surface area contributed by atoms with Gasteiger partial charge >= 0.3 is 12.1 Å². The average molecular weight is 503 g/mol. The zero-order valence-corrected chi connectivity index (χ0v) is 21.6. The SMILES string of the molecule is Cc1nc2cc(NC(=O)N(C)C)ncc2cc1-c1ccc(F)c(NC(=O)NCCC(C)(C)C)c1.Cl. The number of aryl methyl sites for hydroxylation is 1. The van der Waals surface area contributed by atoms with Gasteiger partial charge in [-0.25, -0.2) is 19.0 Å². The summed E-state index contributed by atoms with van der Waals surface area (Å²) < 4.78 is 14.4. The first-order valence-corrected chi connectivity index (χ1v) is 11.0. The summed E-state index contributed by atoms with van der Waals surface area (Å²) in [5.41, 5.74) is 3.07. The number of hydrogen-bond acceptors (Lipinski definition) is 4. The van der Waals surface area contributed by atoms with Crippen molar-refractivity contribution >= 4 is 46.9 Å². The first-order chi connectivity index (χ1) is 15.9. The third kappa shape index (κ3) is 7.51. The molecule has 2 heterocycles. The van der Waals surface area contributed by atoms with Gasteiger partial charge in [0.1, 0.15) is 11.6 Å². The maximum atomic E-state index is 14.4. The molecule has 2 aromatic heterocycles. The second-order valence-electron chi connectivity index (χ2n) is 9.59. The summed E-state index contributed by atoms with van der Waals surface area (Å²) >= 11 is 0. The molecule has 0 atom stereocenters. The van der Waals surface area contributed by atoms with Crippen LogP contribution in [0.4, 0.5) is 25.5 Å². The molecule has 0 unspecified atom stereocenters. The van der Waals surface area contributed by atoms with Crippen molar-refractivity contribution < 1.29 is 14.0 Å². The Balaban J connectivity index is 0.00000432. The summed E-state index contributed by atoms with van der Waals surface area (Å²) in [7, 11) is 3.29. The number of urea groups is 2. The summed E-state index contributed by atoms with van der Waals surface area (Å²) in [6, 6.07) is 7.43. The number of carbonyl (C=O) groups excluding carboxylic acids is 2. The maximum Gasteiger partial charge on any atom is 0.322 e. The Morgan fingerprint density at radius 2 is 1.80 bits per heavy atom. The molecule has 35 heavy (non-hydrogen) atoms. The quantitative estimate of drug-likeness (QED) is 0.409. The van der Waals surface area contributed by atoms with Gasteiger partial charge in [-0.2, -0.15) is 0 Å². The number of nitrogens with zero attached hydrogens (tertiary/aromatic N) is 3. The fourth-order valence-corrected chi connectivity index (χ4v) is 3.25. The van der Waals surface area contributed by atoms with E-state index >= 15 is 0 Å². The van der Waals surface area contributed by atoms with Gasteiger partial charge in [-0.05, 0) is 42.5 Å². The molecule has 0 aliphatic heterocycles. The van der Waals surface area contributed by atoms with Gasteiger partial charge in [-0.3, -0.25) is 10.3 Å². The van der Waals surface area contributed by atoms with E-state index in [1.54, 1.807) is 38.5 Å². The highest BCUT2D eigenvalue weighted by molar-refractivity contribution is 5.93. The normalized spacial score (nSPS) is 10.9. The number of aromatic nitrogens is 2. The molecule has 0 spiro atoms. The van der Waals surface area contributed by atoms with Crippen LogP contribution in [0, 0.1) is 18.2 Å². The van der Waals surface area contributed by atoms with Gasteiger partial charge in [-0.15, -0.1) is 12.4 Å².